The summed E-state index contributed by atoms with van der Waals surface area (Å²) < 4.78 is 10.9. The van der Waals surface area contributed by atoms with E-state index < -0.39 is 0 Å². The van der Waals surface area contributed by atoms with Crippen LogP contribution in [0, 0.1) is 0 Å². The minimum Gasteiger partial charge on any atom is -0.374 e. The fourth-order valence-corrected chi connectivity index (χ4v) is 2.71. The van der Waals surface area contributed by atoms with E-state index in [2.05, 4.69) is 10.1 Å². The smallest absolute Gasteiger partial charge is 0.227 e. The molecule has 1 aromatic heterocycles. The zero-order valence-corrected chi connectivity index (χ0v) is 9.89. The van der Waals surface area contributed by atoms with Crippen molar-refractivity contribution in [2.75, 3.05) is 0 Å². The average molecular weight is 236 g/mol. The van der Waals surface area contributed by atoms with Crippen LogP contribution in [-0.4, -0.2) is 28.1 Å². The molecule has 2 bridgehead atoms. The van der Waals surface area contributed by atoms with Gasteiger partial charge in [-0.2, -0.15) is 4.98 Å². The molecule has 5 heteroatoms. The van der Waals surface area contributed by atoms with E-state index in [-0.39, 0.29) is 11.9 Å². The van der Waals surface area contributed by atoms with Crippen LogP contribution in [-0.2, 0) is 16.0 Å². The zero-order valence-electron chi connectivity index (χ0n) is 9.89. The van der Waals surface area contributed by atoms with Gasteiger partial charge in [-0.1, -0.05) is 5.16 Å². The predicted octanol–water partition coefficient (Wildman–Crippen LogP) is 1.63. The Morgan fingerprint density at radius 2 is 2.35 bits per heavy atom. The van der Waals surface area contributed by atoms with Gasteiger partial charge in [0, 0.05) is 12.8 Å². The third-order valence-electron chi connectivity index (χ3n) is 3.61. The van der Waals surface area contributed by atoms with Crippen molar-refractivity contribution in [3.63, 3.8) is 0 Å². The highest BCUT2D eigenvalue weighted by atomic mass is 16.5. The van der Waals surface area contributed by atoms with Crippen molar-refractivity contribution in [1.82, 2.24) is 10.1 Å². The quantitative estimate of drug-likeness (QED) is 0.794. The summed E-state index contributed by atoms with van der Waals surface area (Å²) >= 11 is 0. The van der Waals surface area contributed by atoms with E-state index in [0.29, 0.717) is 30.8 Å². The number of ketones is 1. The van der Waals surface area contributed by atoms with Gasteiger partial charge in [-0.05, 0) is 26.2 Å². The third kappa shape index (κ3) is 2.11. The van der Waals surface area contributed by atoms with E-state index in [1.807, 2.05) is 0 Å². The molecule has 2 fully saturated rings. The molecule has 0 amide bonds. The van der Waals surface area contributed by atoms with Crippen LogP contribution >= 0.6 is 0 Å². The summed E-state index contributed by atoms with van der Waals surface area (Å²) in [6.45, 7) is 1.57. The third-order valence-corrected chi connectivity index (χ3v) is 3.61. The summed E-state index contributed by atoms with van der Waals surface area (Å²) in [4.78, 5) is 15.2. The average Bonchev–Trinajstić information content (AvgIpc) is 3.01. The summed E-state index contributed by atoms with van der Waals surface area (Å²) in [5, 5.41) is 4.02. The maximum atomic E-state index is 10.9. The first-order valence-corrected chi connectivity index (χ1v) is 6.20. The molecule has 0 aliphatic carbocycles. The summed E-state index contributed by atoms with van der Waals surface area (Å²) in [5.41, 5.74) is 0. The minimum atomic E-state index is 0.146. The highest BCUT2D eigenvalue weighted by molar-refractivity contribution is 5.75. The maximum Gasteiger partial charge on any atom is 0.227 e. The van der Waals surface area contributed by atoms with Gasteiger partial charge in [-0.3, -0.25) is 0 Å². The van der Waals surface area contributed by atoms with Gasteiger partial charge in [-0.15, -0.1) is 0 Å². The normalized spacial score (nSPS) is 31.0. The molecule has 2 aliphatic heterocycles. The van der Waals surface area contributed by atoms with Gasteiger partial charge >= 0.3 is 0 Å². The number of hydrogen-bond acceptors (Lipinski definition) is 5. The van der Waals surface area contributed by atoms with Gasteiger partial charge in [-0.25, -0.2) is 0 Å². The van der Waals surface area contributed by atoms with Gasteiger partial charge < -0.3 is 14.1 Å². The number of aromatic nitrogens is 2. The second kappa shape index (κ2) is 4.22. The Balaban J connectivity index is 1.66. The first-order valence-electron chi connectivity index (χ1n) is 6.20. The second-order valence-electron chi connectivity index (χ2n) is 4.96. The Morgan fingerprint density at radius 3 is 3.00 bits per heavy atom. The topological polar surface area (TPSA) is 65.2 Å². The number of aryl methyl sites for hydroxylation is 1. The lowest BCUT2D eigenvalue weighted by Gasteiger charge is -2.13. The first-order chi connectivity index (χ1) is 8.22. The molecule has 3 unspecified atom stereocenters. The molecule has 3 heterocycles. The van der Waals surface area contributed by atoms with Gasteiger partial charge in [0.2, 0.25) is 5.89 Å². The second-order valence-corrected chi connectivity index (χ2v) is 4.96. The molecular formula is C12H16N2O3. The number of carbonyl (C=O) groups excluding carboxylic acids is 1. The maximum absolute atomic E-state index is 10.9. The molecule has 2 saturated heterocycles. The van der Waals surface area contributed by atoms with E-state index in [4.69, 9.17) is 9.26 Å². The minimum absolute atomic E-state index is 0.146. The Labute approximate surface area is 99.5 Å². The molecule has 0 N–H and O–H groups in total. The molecule has 0 saturated carbocycles. The number of fused-ring (bicyclic) bond motifs is 2. The number of ether oxygens (including phenoxy) is 1. The number of rotatable bonds is 4. The van der Waals surface area contributed by atoms with Crippen LogP contribution in [0.25, 0.3) is 0 Å². The van der Waals surface area contributed by atoms with Crippen molar-refractivity contribution >= 4 is 5.78 Å². The van der Waals surface area contributed by atoms with Crippen LogP contribution in [0.2, 0.25) is 0 Å². The molecular weight excluding hydrogens is 220 g/mol. The van der Waals surface area contributed by atoms with Crippen LogP contribution in [0.1, 0.15) is 50.2 Å². The fourth-order valence-electron chi connectivity index (χ4n) is 2.71. The Hall–Kier alpha value is -1.23. The van der Waals surface area contributed by atoms with E-state index in [1.165, 1.54) is 0 Å². The molecule has 0 radical (unpaired) electrons. The standard InChI is InChI=1S/C12H16N2O3/c1-7(15)2-5-11-13-12(14-17-11)9-6-8-3-4-10(9)16-8/h8-10H,2-6H2,1H3. The summed E-state index contributed by atoms with van der Waals surface area (Å²) in [6.07, 6.45) is 4.96. The summed E-state index contributed by atoms with van der Waals surface area (Å²) in [6, 6.07) is 0. The van der Waals surface area contributed by atoms with E-state index in [0.717, 1.165) is 25.1 Å². The first kappa shape index (κ1) is 10.9. The number of hydrogen-bond donors (Lipinski definition) is 0. The van der Waals surface area contributed by atoms with Crippen LogP contribution in [0.5, 0.6) is 0 Å². The van der Waals surface area contributed by atoms with E-state index >= 15 is 0 Å². The van der Waals surface area contributed by atoms with Crippen molar-refractivity contribution in [3.8, 4) is 0 Å². The van der Waals surface area contributed by atoms with E-state index in [9.17, 15) is 4.79 Å². The Bertz CT molecular complexity index is 429. The van der Waals surface area contributed by atoms with Gasteiger partial charge in [0.25, 0.3) is 0 Å². The molecule has 0 aromatic carbocycles. The molecule has 0 spiro atoms. The van der Waals surface area contributed by atoms with Crippen LogP contribution in [0.15, 0.2) is 4.52 Å². The van der Waals surface area contributed by atoms with Crippen molar-refractivity contribution in [3.05, 3.63) is 11.7 Å². The Kier molecular flexibility index (Phi) is 2.70. The molecule has 92 valence electrons. The van der Waals surface area contributed by atoms with Gasteiger partial charge in [0.1, 0.15) is 5.78 Å². The lowest BCUT2D eigenvalue weighted by Crippen LogP contribution is -2.15. The molecule has 17 heavy (non-hydrogen) atoms. The van der Waals surface area contributed by atoms with Crippen LogP contribution < -0.4 is 0 Å². The van der Waals surface area contributed by atoms with Crippen molar-refractivity contribution in [2.24, 2.45) is 0 Å². The monoisotopic (exact) mass is 236 g/mol. The highest BCUT2D eigenvalue weighted by Gasteiger charge is 2.43. The van der Waals surface area contributed by atoms with Crippen molar-refractivity contribution < 1.29 is 14.1 Å². The SMILES string of the molecule is CC(=O)CCc1nc(C2CC3CCC2O3)no1. The van der Waals surface area contributed by atoms with Crippen LogP contribution in [0.4, 0.5) is 0 Å². The number of Topliss-reactive ketones (excluding diaryl/α,β-unsaturated/α-hetero) is 1. The highest BCUT2D eigenvalue weighted by Crippen LogP contribution is 2.43. The summed E-state index contributed by atoms with van der Waals surface area (Å²) in [7, 11) is 0. The number of carbonyl (C=O) groups is 1. The van der Waals surface area contributed by atoms with E-state index in [1.54, 1.807) is 6.92 Å². The van der Waals surface area contributed by atoms with Crippen molar-refractivity contribution in [1.29, 1.82) is 0 Å². The lowest BCUT2D eigenvalue weighted by atomic mass is 9.89. The predicted molar refractivity (Wildman–Crippen MR) is 58.6 cm³/mol. The largest absolute Gasteiger partial charge is 0.374 e. The molecule has 3 rings (SSSR count). The van der Waals surface area contributed by atoms with Crippen LogP contribution in [0.3, 0.4) is 0 Å². The molecule has 2 aliphatic rings. The summed E-state index contributed by atoms with van der Waals surface area (Å²) in [5.74, 6) is 1.77. The zero-order chi connectivity index (χ0) is 11.8. The van der Waals surface area contributed by atoms with Gasteiger partial charge in [0.15, 0.2) is 5.82 Å². The molecule has 5 nitrogen and oxygen atoms in total. The molecule has 3 atom stereocenters. The lowest BCUT2D eigenvalue weighted by molar-refractivity contribution is -0.117. The van der Waals surface area contributed by atoms with Gasteiger partial charge in [0.05, 0.1) is 18.1 Å². The molecule has 1 aromatic rings. The fraction of sp³-hybridized carbons (Fsp3) is 0.750. The Morgan fingerprint density at radius 1 is 1.47 bits per heavy atom. The van der Waals surface area contributed by atoms with Crippen molar-refractivity contribution in [2.45, 2.75) is 57.2 Å². The number of nitrogens with zero attached hydrogens (tertiary/aromatic N) is 2.